The van der Waals surface area contributed by atoms with Crippen LogP contribution in [0.2, 0.25) is 0 Å². The molecular weight excluding hydrogens is 525 g/mol. The Hall–Kier alpha value is -2.71. The number of esters is 1. The topological polar surface area (TPSA) is 104 Å². The number of halogens is 1. The van der Waals surface area contributed by atoms with Gasteiger partial charge in [-0.15, -0.1) is 0 Å². The first-order valence-corrected chi connectivity index (χ1v) is 13.0. The van der Waals surface area contributed by atoms with Crippen molar-refractivity contribution >= 4 is 46.6 Å². The van der Waals surface area contributed by atoms with Gasteiger partial charge in [-0.2, -0.15) is 0 Å². The Morgan fingerprint density at radius 3 is 2.29 bits per heavy atom. The van der Waals surface area contributed by atoms with E-state index in [4.69, 9.17) is 18.2 Å². The molecule has 0 aliphatic heterocycles. The Morgan fingerprint density at radius 2 is 1.65 bits per heavy atom. The van der Waals surface area contributed by atoms with E-state index in [2.05, 4.69) is 21.2 Å². The molecule has 0 atom stereocenters. The van der Waals surface area contributed by atoms with Gasteiger partial charge in [0.1, 0.15) is 5.76 Å². The van der Waals surface area contributed by atoms with E-state index >= 15 is 0 Å². The molecule has 0 saturated heterocycles. The fourth-order valence-electron chi connectivity index (χ4n) is 3.14. The highest BCUT2D eigenvalue weighted by Gasteiger charge is 2.31. The maximum atomic E-state index is 13.0. The van der Waals surface area contributed by atoms with Gasteiger partial charge >= 0.3 is 13.6 Å². The third kappa shape index (κ3) is 6.24. The normalized spacial score (nSPS) is 11.3. The molecule has 0 aliphatic rings. The minimum Gasteiger partial charge on any atom is -0.462 e. The summed E-state index contributed by atoms with van der Waals surface area (Å²) in [6.45, 7) is 5.63. The van der Waals surface area contributed by atoms with E-state index in [1.54, 1.807) is 57.2 Å². The largest absolute Gasteiger partial charge is 0.462 e. The second-order valence-corrected chi connectivity index (χ2v) is 9.82. The first-order valence-electron chi connectivity index (χ1n) is 10.7. The van der Waals surface area contributed by atoms with Gasteiger partial charge in [-0.25, -0.2) is 4.79 Å². The summed E-state index contributed by atoms with van der Waals surface area (Å²) in [5.41, 5.74) is 1.44. The second-order valence-electron chi connectivity index (χ2n) is 6.95. The first-order chi connectivity index (χ1) is 16.3. The molecule has 3 rings (SSSR count). The van der Waals surface area contributed by atoms with E-state index in [1.165, 1.54) is 12.1 Å². The zero-order valence-corrected chi connectivity index (χ0v) is 21.5. The SMILES string of the molecule is CCOC(=O)c1cc(C(=O)Nc2cccc(Br)c2)cc(-c2ccc(P(=O)(OCC)OCC)o2)c1. The van der Waals surface area contributed by atoms with Gasteiger partial charge in [0.25, 0.3) is 5.91 Å². The van der Waals surface area contributed by atoms with Crippen molar-refractivity contribution < 1.29 is 32.4 Å². The summed E-state index contributed by atoms with van der Waals surface area (Å²) in [6.07, 6.45) is 0. The van der Waals surface area contributed by atoms with Crippen molar-refractivity contribution in [2.45, 2.75) is 20.8 Å². The van der Waals surface area contributed by atoms with Gasteiger partial charge in [0.2, 0.25) is 5.50 Å². The molecular formula is C24H25BrNO7P. The fourth-order valence-corrected chi connectivity index (χ4v) is 5.01. The molecule has 0 radical (unpaired) electrons. The number of carbonyl (C=O) groups excluding carboxylic acids is 2. The van der Waals surface area contributed by atoms with Crippen molar-refractivity contribution in [1.82, 2.24) is 0 Å². The summed E-state index contributed by atoms with van der Waals surface area (Å²) in [7, 11) is -3.64. The number of amides is 1. The molecule has 0 bridgehead atoms. The molecule has 10 heteroatoms. The van der Waals surface area contributed by atoms with E-state index in [1.807, 2.05) is 6.07 Å². The van der Waals surface area contributed by atoms with Crippen molar-refractivity contribution in [2.24, 2.45) is 0 Å². The average molecular weight is 550 g/mol. The van der Waals surface area contributed by atoms with Gasteiger partial charge in [0.15, 0.2) is 0 Å². The van der Waals surface area contributed by atoms with Gasteiger partial charge in [-0.3, -0.25) is 9.36 Å². The Labute approximate surface area is 206 Å². The number of rotatable bonds is 10. The molecule has 2 aromatic carbocycles. The zero-order valence-electron chi connectivity index (χ0n) is 19.0. The zero-order chi connectivity index (χ0) is 24.7. The number of anilines is 1. The van der Waals surface area contributed by atoms with Crippen LogP contribution in [0.25, 0.3) is 11.3 Å². The molecule has 1 N–H and O–H groups in total. The lowest BCUT2D eigenvalue weighted by molar-refractivity contribution is 0.0526. The number of hydrogen-bond acceptors (Lipinski definition) is 7. The molecule has 34 heavy (non-hydrogen) atoms. The van der Waals surface area contributed by atoms with Crippen molar-refractivity contribution in [2.75, 3.05) is 25.1 Å². The summed E-state index contributed by atoms with van der Waals surface area (Å²) in [5, 5.41) is 2.80. The van der Waals surface area contributed by atoms with Crippen molar-refractivity contribution in [1.29, 1.82) is 0 Å². The van der Waals surface area contributed by atoms with Gasteiger partial charge in [0.05, 0.1) is 25.4 Å². The van der Waals surface area contributed by atoms with Gasteiger partial charge in [-0.05, 0) is 69.3 Å². The lowest BCUT2D eigenvalue weighted by atomic mass is 10.0. The minimum absolute atomic E-state index is 0.0351. The van der Waals surface area contributed by atoms with Gasteiger partial charge in [0, 0.05) is 21.3 Å². The maximum absolute atomic E-state index is 13.0. The fraction of sp³-hybridized carbons (Fsp3) is 0.250. The monoisotopic (exact) mass is 549 g/mol. The highest BCUT2D eigenvalue weighted by Crippen LogP contribution is 2.47. The predicted octanol–water partition coefficient (Wildman–Crippen LogP) is 6.03. The number of benzene rings is 2. The summed E-state index contributed by atoms with van der Waals surface area (Å²) >= 11 is 3.37. The Bertz CT molecular complexity index is 1210. The van der Waals surface area contributed by atoms with Crippen LogP contribution in [0.4, 0.5) is 5.69 Å². The minimum atomic E-state index is -3.64. The van der Waals surface area contributed by atoms with Crippen LogP contribution in [-0.4, -0.2) is 31.7 Å². The second kappa shape index (κ2) is 11.6. The highest BCUT2D eigenvalue weighted by atomic mass is 79.9. The van der Waals surface area contributed by atoms with Crippen molar-refractivity contribution in [3.8, 4) is 11.3 Å². The van der Waals surface area contributed by atoms with E-state index in [-0.39, 0.29) is 42.2 Å². The Balaban J connectivity index is 2.01. The number of carbonyl (C=O) groups is 2. The van der Waals surface area contributed by atoms with Crippen molar-refractivity contribution in [3.63, 3.8) is 0 Å². The number of furan rings is 1. The quantitative estimate of drug-likeness (QED) is 0.243. The van der Waals surface area contributed by atoms with Crippen LogP contribution in [0.1, 0.15) is 41.5 Å². The predicted molar refractivity (Wildman–Crippen MR) is 133 cm³/mol. The summed E-state index contributed by atoms with van der Waals surface area (Å²) in [5.74, 6) is -0.717. The van der Waals surface area contributed by atoms with Crippen LogP contribution in [-0.2, 0) is 18.3 Å². The van der Waals surface area contributed by atoms with Gasteiger partial charge < -0.3 is 23.5 Å². The number of ether oxygens (including phenoxy) is 1. The molecule has 1 amide bonds. The van der Waals surface area contributed by atoms with Crippen LogP contribution in [0.15, 0.2) is 63.5 Å². The maximum Gasteiger partial charge on any atom is 0.396 e. The average Bonchev–Trinajstić information content (AvgIpc) is 3.31. The molecule has 0 fully saturated rings. The molecule has 0 unspecified atom stereocenters. The molecule has 8 nitrogen and oxygen atoms in total. The standard InChI is InChI=1S/C24H25BrNO7P/c1-4-30-24(28)18-13-16(21-10-11-22(33-21)34(29,31-5-2)32-6-3)12-17(14-18)23(27)26-20-9-7-8-19(25)15-20/h7-15H,4-6H2,1-3H3,(H,26,27). The van der Waals surface area contributed by atoms with E-state index in [0.717, 1.165) is 4.47 Å². The molecule has 3 aromatic rings. The molecule has 0 spiro atoms. The molecule has 180 valence electrons. The van der Waals surface area contributed by atoms with Crippen LogP contribution < -0.4 is 10.8 Å². The summed E-state index contributed by atoms with van der Waals surface area (Å²) < 4.78 is 35.4. The molecule has 0 aliphatic carbocycles. The lowest BCUT2D eigenvalue weighted by Crippen LogP contribution is -2.14. The third-order valence-electron chi connectivity index (χ3n) is 4.53. The smallest absolute Gasteiger partial charge is 0.396 e. The van der Waals surface area contributed by atoms with E-state index < -0.39 is 19.5 Å². The first kappa shape index (κ1) is 25.9. The van der Waals surface area contributed by atoms with Crippen LogP contribution in [0.3, 0.4) is 0 Å². The Morgan fingerprint density at radius 1 is 0.941 bits per heavy atom. The van der Waals surface area contributed by atoms with E-state index in [0.29, 0.717) is 11.3 Å². The number of hydrogen-bond donors (Lipinski definition) is 1. The van der Waals surface area contributed by atoms with Crippen molar-refractivity contribution in [3.05, 3.63) is 70.2 Å². The highest BCUT2D eigenvalue weighted by molar-refractivity contribution is 9.10. The third-order valence-corrected chi connectivity index (χ3v) is 7.00. The molecule has 1 aromatic heterocycles. The summed E-state index contributed by atoms with van der Waals surface area (Å²) in [4.78, 5) is 25.4. The number of nitrogens with one attached hydrogen (secondary N) is 1. The van der Waals surface area contributed by atoms with Gasteiger partial charge in [-0.1, -0.05) is 22.0 Å². The van der Waals surface area contributed by atoms with Crippen LogP contribution >= 0.6 is 23.5 Å². The van der Waals surface area contributed by atoms with Crippen LogP contribution in [0.5, 0.6) is 0 Å². The van der Waals surface area contributed by atoms with E-state index in [9.17, 15) is 14.2 Å². The lowest BCUT2D eigenvalue weighted by Gasteiger charge is -2.14. The molecule has 0 saturated carbocycles. The summed E-state index contributed by atoms with van der Waals surface area (Å²) in [6, 6.07) is 14.8. The van der Waals surface area contributed by atoms with Crippen LogP contribution in [0, 0.1) is 0 Å². The molecule has 1 heterocycles. The Kier molecular flexibility index (Phi) is 8.85.